The van der Waals surface area contributed by atoms with Gasteiger partial charge in [0.1, 0.15) is 29.8 Å². The third kappa shape index (κ3) is 6.72. The van der Waals surface area contributed by atoms with Crippen molar-refractivity contribution in [3.8, 4) is 17.6 Å². The fourth-order valence-corrected chi connectivity index (χ4v) is 3.49. The molecule has 0 aliphatic heterocycles. The minimum atomic E-state index is -0.588. The van der Waals surface area contributed by atoms with Crippen molar-refractivity contribution in [2.45, 2.75) is 13.5 Å². The summed E-state index contributed by atoms with van der Waals surface area (Å²) in [5.41, 5.74) is 1.55. The molecule has 3 aromatic rings. The molecule has 33 heavy (non-hydrogen) atoms. The van der Waals surface area contributed by atoms with Gasteiger partial charge in [-0.15, -0.1) is 0 Å². The number of rotatable bonds is 8. The number of amides is 1. The first-order valence-corrected chi connectivity index (χ1v) is 10.7. The molecule has 8 heteroatoms. The van der Waals surface area contributed by atoms with Gasteiger partial charge >= 0.3 is 0 Å². The fraction of sp³-hybridized carbons (Fsp3) is 0.120. The maximum Gasteiger partial charge on any atom is 0.266 e. The van der Waals surface area contributed by atoms with Crippen LogP contribution in [0, 0.1) is 17.1 Å². The number of carbonyl (C=O) groups excluding carboxylic acids is 1. The van der Waals surface area contributed by atoms with Crippen LogP contribution in [0.5, 0.6) is 11.5 Å². The van der Waals surface area contributed by atoms with E-state index in [9.17, 15) is 14.4 Å². The molecule has 0 unspecified atom stereocenters. The van der Waals surface area contributed by atoms with E-state index in [2.05, 4.69) is 5.32 Å². The summed E-state index contributed by atoms with van der Waals surface area (Å²) in [6.07, 6.45) is 1.38. The van der Waals surface area contributed by atoms with Crippen LogP contribution in [0.25, 0.3) is 6.08 Å². The average molecular weight is 485 g/mol. The lowest BCUT2D eigenvalue weighted by atomic mass is 10.1. The second-order valence-corrected chi connectivity index (χ2v) is 7.63. The van der Waals surface area contributed by atoms with Crippen LogP contribution >= 0.6 is 23.2 Å². The molecule has 1 amide bonds. The van der Waals surface area contributed by atoms with Crippen molar-refractivity contribution in [1.82, 2.24) is 0 Å². The van der Waals surface area contributed by atoms with Crippen molar-refractivity contribution in [2.24, 2.45) is 0 Å². The third-order valence-electron chi connectivity index (χ3n) is 4.40. The van der Waals surface area contributed by atoms with Crippen molar-refractivity contribution in [2.75, 3.05) is 11.9 Å². The van der Waals surface area contributed by atoms with Crippen LogP contribution in [0.2, 0.25) is 10.0 Å². The van der Waals surface area contributed by atoms with Crippen molar-refractivity contribution >= 4 is 40.9 Å². The first-order valence-electron chi connectivity index (χ1n) is 9.92. The van der Waals surface area contributed by atoms with Crippen molar-refractivity contribution in [3.05, 3.63) is 93.2 Å². The van der Waals surface area contributed by atoms with Gasteiger partial charge in [-0.25, -0.2) is 4.39 Å². The monoisotopic (exact) mass is 484 g/mol. The number of anilines is 1. The molecule has 0 aliphatic rings. The predicted molar refractivity (Wildman–Crippen MR) is 127 cm³/mol. The van der Waals surface area contributed by atoms with E-state index in [0.717, 1.165) is 5.56 Å². The van der Waals surface area contributed by atoms with Crippen molar-refractivity contribution in [1.29, 1.82) is 5.26 Å². The van der Waals surface area contributed by atoms with Crippen LogP contribution in [0.3, 0.4) is 0 Å². The minimum absolute atomic E-state index is 0.135. The molecule has 3 aromatic carbocycles. The third-order valence-corrected chi connectivity index (χ3v) is 4.96. The minimum Gasteiger partial charge on any atom is -0.494 e. The molecule has 0 bridgehead atoms. The number of hydrogen-bond donors (Lipinski definition) is 1. The second kappa shape index (κ2) is 11.4. The number of halogens is 3. The van der Waals surface area contributed by atoms with Crippen LogP contribution in [0.4, 0.5) is 10.1 Å². The smallest absolute Gasteiger partial charge is 0.266 e. The van der Waals surface area contributed by atoms with E-state index in [0.29, 0.717) is 23.6 Å². The Kier molecular flexibility index (Phi) is 8.31. The van der Waals surface area contributed by atoms with Crippen LogP contribution in [-0.4, -0.2) is 12.5 Å². The molecule has 3 rings (SSSR count). The highest BCUT2D eigenvalue weighted by atomic mass is 35.5. The summed E-state index contributed by atoms with van der Waals surface area (Å²) in [4.78, 5) is 12.6. The Bertz CT molecular complexity index is 1200. The zero-order valence-corrected chi connectivity index (χ0v) is 19.1. The van der Waals surface area contributed by atoms with Crippen molar-refractivity contribution in [3.63, 3.8) is 0 Å². The summed E-state index contributed by atoms with van der Waals surface area (Å²) in [5, 5.41) is 12.6. The number of nitriles is 1. The highest BCUT2D eigenvalue weighted by Gasteiger charge is 2.13. The first kappa shape index (κ1) is 24.1. The Morgan fingerprint density at radius 1 is 1.09 bits per heavy atom. The van der Waals surface area contributed by atoms with Gasteiger partial charge in [-0.2, -0.15) is 5.26 Å². The molecule has 0 aromatic heterocycles. The highest BCUT2D eigenvalue weighted by molar-refractivity contribution is 6.37. The summed E-state index contributed by atoms with van der Waals surface area (Å²) >= 11 is 12.6. The lowest BCUT2D eigenvalue weighted by molar-refractivity contribution is -0.112. The standard InChI is InChI=1S/C25H19Cl2FN2O3/c1-2-32-21-5-3-4-20(13-21)30-25(31)18(14-29)10-17-11-22(26)24(23(27)12-17)33-15-16-6-8-19(28)9-7-16/h3-13H,2,15H2,1H3,(H,30,31)/b18-10-. The molecule has 5 nitrogen and oxygen atoms in total. The molecule has 1 N–H and O–H groups in total. The van der Waals surface area contributed by atoms with Gasteiger partial charge in [-0.1, -0.05) is 41.4 Å². The zero-order chi connectivity index (χ0) is 23.8. The number of benzene rings is 3. The number of nitrogens with one attached hydrogen (secondary N) is 1. The molecular weight excluding hydrogens is 466 g/mol. The van der Waals surface area contributed by atoms with Gasteiger partial charge in [-0.05, 0) is 60.5 Å². The number of ether oxygens (including phenoxy) is 2. The SMILES string of the molecule is CCOc1cccc(NC(=O)/C(C#N)=C\c2cc(Cl)c(OCc3ccc(F)cc3)c(Cl)c2)c1. The average Bonchev–Trinajstić information content (AvgIpc) is 2.78. The van der Waals surface area contributed by atoms with Gasteiger partial charge < -0.3 is 14.8 Å². The van der Waals surface area contributed by atoms with Gasteiger partial charge in [0, 0.05) is 11.8 Å². The molecule has 0 radical (unpaired) electrons. The molecule has 0 aliphatic carbocycles. The summed E-state index contributed by atoms with van der Waals surface area (Å²) in [7, 11) is 0. The molecule has 168 valence electrons. The highest BCUT2D eigenvalue weighted by Crippen LogP contribution is 2.35. The van der Waals surface area contributed by atoms with E-state index in [1.165, 1.54) is 30.3 Å². The summed E-state index contributed by atoms with van der Waals surface area (Å²) < 4.78 is 24.1. The lowest BCUT2D eigenvalue weighted by Crippen LogP contribution is -2.13. The Morgan fingerprint density at radius 3 is 2.42 bits per heavy atom. The quantitative estimate of drug-likeness (QED) is 0.286. The van der Waals surface area contributed by atoms with Crippen LogP contribution in [-0.2, 0) is 11.4 Å². The molecule has 0 fully saturated rings. The van der Waals surface area contributed by atoms with E-state index in [-0.39, 0.29) is 33.8 Å². The Hall–Kier alpha value is -3.53. The largest absolute Gasteiger partial charge is 0.494 e. The number of hydrogen-bond acceptors (Lipinski definition) is 4. The van der Waals surface area contributed by atoms with E-state index < -0.39 is 5.91 Å². The van der Waals surface area contributed by atoms with E-state index >= 15 is 0 Å². The fourth-order valence-electron chi connectivity index (χ4n) is 2.88. The first-order chi connectivity index (χ1) is 15.9. The van der Waals surface area contributed by atoms with Crippen LogP contribution in [0.1, 0.15) is 18.1 Å². The molecule has 0 spiro atoms. The zero-order valence-electron chi connectivity index (χ0n) is 17.6. The Morgan fingerprint density at radius 2 is 1.79 bits per heavy atom. The van der Waals surface area contributed by atoms with E-state index in [1.807, 2.05) is 13.0 Å². The number of carbonyl (C=O) groups is 1. The van der Waals surface area contributed by atoms with Crippen LogP contribution < -0.4 is 14.8 Å². The molecule has 0 heterocycles. The normalized spacial score (nSPS) is 10.9. The molecule has 0 saturated heterocycles. The molecule has 0 atom stereocenters. The van der Waals surface area contributed by atoms with E-state index in [4.69, 9.17) is 32.7 Å². The Balaban J connectivity index is 1.75. The summed E-state index contributed by atoms with van der Waals surface area (Å²) in [6, 6.07) is 17.7. The summed E-state index contributed by atoms with van der Waals surface area (Å²) in [6.45, 7) is 2.49. The Labute approximate surface area is 201 Å². The molecule has 0 saturated carbocycles. The van der Waals surface area contributed by atoms with Crippen LogP contribution in [0.15, 0.2) is 66.2 Å². The lowest BCUT2D eigenvalue weighted by Gasteiger charge is -2.11. The van der Waals surface area contributed by atoms with E-state index in [1.54, 1.807) is 36.4 Å². The van der Waals surface area contributed by atoms with Gasteiger partial charge in [-0.3, -0.25) is 4.79 Å². The summed E-state index contributed by atoms with van der Waals surface area (Å²) in [5.74, 6) is -0.0802. The predicted octanol–water partition coefficient (Wildman–Crippen LogP) is 6.66. The van der Waals surface area contributed by atoms with Gasteiger partial charge in [0.15, 0.2) is 5.75 Å². The van der Waals surface area contributed by atoms with Gasteiger partial charge in [0.2, 0.25) is 0 Å². The van der Waals surface area contributed by atoms with Gasteiger partial charge in [0.05, 0.1) is 16.7 Å². The second-order valence-electron chi connectivity index (χ2n) is 6.81. The molecular formula is C25H19Cl2FN2O3. The van der Waals surface area contributed by atoms with Crippen molar-refractivity contribution < 1.29 is 18.7 Å². The number of nitrogens with zero attached hydrogens (tertiary/aromatic N) is 1. The maximum atomic E-state index is 13.0. The van der Waals surface area contributed by atoms with Gasteiger partial charge in [0.25, 0.3) is 5.91 Å². The topological polar surface area (TPSA) is 71.3 Å². The maximum absolute atomic E-state index is 13.0.